The Morgan fingerprint density at radius 3 is 3.06 bits per heavy atom. The normalized spacial score (nSPS) is 10.6. The van der Waals surface area contributed by atoms with E-state index in [1.165, 1.54) is 0 Å². The van der Waals surface area contributed by atoms with E-state index in [0.29, 0.717) is 36.9 Å². The van der Waals surface area contributed by atoms with Crippen LogP contribution in [0.5, 0.6) is 0 Å². The van der Waals surface area contributed by atoms with E-state index in [2.05, 4.69) is 16.3 Å². The summed E-state index contributed by atoms with van der Waals surface area (Å²) in [4.78, 5) is 0. The molecule has 0 N–H and O–H groups in total. The first-order valence-corrected chi connectivity index (χ1v) is 5.15. The number of rotatable bonds is 5. The molecule has 0 bridgehead atoms. The monoisotopic (exact) mass is 232 g/mol. The Bertz CT molecular complexity index is 544. The molecule has 0 amide bonds. The number of pyridine rings is 1. The molecule has 0 aliphatic rings. The number of fused-ring (bicyclic) bond motifs is 1. The average Bonchev–Trinajstić information content (AvgIpc) is 2.77. The second-order valence-corrected chi connectivity index (χ2v) is 3.42. The standard InChI is InChI=1S/C11H12N4O2/c1-16-4-5-17-8-11-14-13-10-6-9(7-12)2-3-15(10)11/h2-3,6H,4-5,8H2,1H3. The molecule has 2 rings (SSSR count). The van der Waals surface area contributed by atoms with Gasteiger partial charge in [-0.1, -0.05) is 0 Å². The van der Waals surface area contributed by atoms with Gasteiger partial charge in [0.15, 0.2) is 11.5 Å². The number of ether oxygens (including phenoxy) is 2. The third-order valence-corrected chi connectivity index (χ3v) is 2.27. The molecule has 0 unspecified atom stereocenters. The molecule has 2 aromatic rings. The molecular formula is C11H12N4O2. The number of nitrogens with zero attached hydrogens (tertiary/aromatic N) is 4. The number of hydrogen-bond acceptors (Lipinski definition) is 5. The second kappa shape index (κ2) is 5.39. The van der Waals surface area contributed by atoms with Crippen LogP contribution in [0.1, 0.15) is 11.4 Å². The Balaban J connectivity index is 2.11. The number of methoxy groups -OCH3 is 1. The van der Waals surface area contributed by atoms with Gasteiger partial charge >= 0.3 is 0 Å². The lowest BCUT2D eigenvalue weighted by molar-refractivity contribution is 0.0582. The van der Waals surface area contributed by atoms with Gasteiger partial charge in [0.1, 0.15) is 6.61 Å². The van der Waals surface area contributed by atoms with E-state index in [9.17, 15) is 0 Å². The zero-order valence-corrected chi connectivity index (χ0v) is 9.46. The highest BCUT2D eigenvalue weighted by Gasteiger charge is 2.05. The Kier molecular flexibility index (Phi) is 3.65. The smallest absolute Gasteiger partial charge is 0.163 e. The van der Waals surface area contributed by atoms with Crippen molar-refractivity contribution in [3.05, 3.63) is 29.7 Å². The van der Waals surface area contributed by atoms with Crippen LogP contribution in [0.3, 0.4) is 0 Å². The van der Waals surface area contributed by atoms with E-state index >= 15 is 0 Å². The minimum Gasteiger partial charge on any atom is -0.382 e. The molecule has 0 atom stereocenters. The van der Waals surface area contributed by atoms with Crippen molar-refractivity contribution in [3.8, 4) is 6.07 Å². The third kappa shape index (κ3) is 2.58. The number of hydrogen-bond donors (Lipinski definition) is 0. The SMILES string of the molecule is COCCOCc1nnc2cc(C#N)ccn12. The van der Waals surface area contributed by atoms with Crippen molar-refractivity contribution in [2.75, 3.05) is 20.3 Å². The van der Waals surface area contributed by atoms with Gasteiger partial charge in [0, 0.05) is 19.4 Å². The predicted octanol–water partition coefficient (Wildman–Crippen LogP) is 0.764. The van der Waals surface area contributed by atoms with Gasteiger partial charge in [-0.2, -0.15) is 5.26 Å². The van der Waals surface area contributed by atoms with Crippen LogP contribution in [-0.4, -0.2) is 34.9 Å². The highest BCUT2D eigenvalue weighted by molar-refractivity contribution is 5.45. The van der Waals surface area contributed by atoms with Gasteiger partial charge in [0.05, 0.1) is 24.8 Å². The molecule has 0 aliphatic carbocycles. The van der Waals surface area contributed by atoms with Crippen molar-refractivity contribution in [2.45, 2.75) is 6.61 Å². The van der Waals surface area contributed by atoms with Crippen LogP contribution in [0.25, 0.3) is 5.65 Å². The Labute approximate surface area is 98.4 Å². The lowest BCUT2D eigenvalue weighted by atomic mass is 10.3. The molecule has 0 saturated carbocycles. The lowest BCUT2D eigenvalue weighted by Crippen LogP contribution is -2.04. The van der Waals surface area contributed by atoms with Crippen LogP contribution in [0.2, 0.25) is 0 Å². The van der Waals surface area contributed by atoms with Crippen LogP contribution in [0.4, 0.5) is 0 Å². The summed E-state index contributed by atoms with van der Waals surface area (Å²) in [6.45, 7) is 1.44. The van der Waals surface area contributed by atoms with Gasteiger partial charge in [-0.3, -0.25) is 4.40 Å². The summed E-state index contributed by atoms with van der Waals surface area (Å²) in [7, 11) is 1.62. The van der Waals surface area contributed by atoms with Gasteiger partial charge < -0.3 is 9.47 Å². The molecule has 17 heavy (non-hydrogen) atoms. The van der Waals surface area contributed by atoms with Gasteiger partial charge in [-0.05, 0) is 6.07 Å². The zero-order chi connectivity index (χ0) is 12.1. The first-order valence-electron chi connectivity index (χ1n) is 5.15. The van der Waals surface area contributed by atoms with Gasteiger partial charge in [-0.25, -0.2) is 0 Å². The number of aromatic nitrogens is 3. The molecule has 0 fully saturated rings. The summed E-state index contributed by atoms with van der Waals surface area (Å²) in [5.74, 6) is 0.709. The summed E-state index contributed by atoms with van der Waals surface area (Å²) >= 11 is 0. The first kappa shape index (κ1) is 11.5. The van der Waals surface area contributed by atoms with Crippen LogP contribution in [0, 0.1) is 11.3 Å². The molecule has 0 aromatic carbocycles. The summed E-state index contributed by atoms with van der Waals surface area (Å²) in [5.41, 5.74) is 1.21. The molecule has 2 aromatic heterocycles. The van der Waals surface area contributed by atoms with Crippen molar-refractivity contribution in [3.63, 3.8) is 0 Å². The topological polar surface area (TPSA) is 72.4 Å². The van der Waals surface area contributed by atoms with Crippen molar-refractivity contribution in [2.24, 2.45) is 0 Å². The quantitative estimate of drug-likeness (QED) is 0.712. The molecule has 6 nitrogen and oxygen atoms in total. The van der Waals surface area contributed by atoms with Crippen LogP contribution in [-0.2, 0) is 16.1 Å². The predicted molar refractivity (Wildman–Crippen MR) is 59.2 cm³/mol. The zero-order valence-electron chi connectivity index (χ0n) is 9.46. The third-order valence-electron chi connectivity index (χ3n) is 2.27. The molecule has 0 spiro atoms. The Morgan fingerprint density at radius 2 is 2.29 bits per heavy atom. The number of nitriles is 1. The fourth-order valence-corrected chi connectivity index (χ4v) is 1.41. The van der Waals surface area contributed by atoms with Crippen LogP contribution < -0.4 is 0 Å². The maximum atomic E-state index is 8.76. The van der Waals surface area contributed by atoms with E-state index < -0.39 is 0 Å². The fraction of sp³-hybridized carbons (Fsp3) is 0.364. The Morgan fingerprint density at radius 1 is 1.41 bits per heavy atom. The fourth-order valence-electron chi connectivity index (χ4n) is 1.41. The van der Waals surface area contributed by atoms with Gasteiger partial charge in [0.25, 0.3) is 0 Å². The summed E-state index contributed by atoms with van der Waals surface area (Å²) < 4.78 is 12.0. The molecule has 0 radical (unpaired) electrons. The molecule has 6 heteroatoms. The average molecular weight is 232 g/mol. The van der Waals surface area contributed by atoms with Crippen LogP contribution >= 0.6 is 0 Å². The maximum absolute atomic E-state index is 8.76. The van der Waals surface area contributed by atoms with Crippen molar-refractivity contribution in [1.82, 2.24) is 14.6 Å². The molecule has 2 heterocycles. The molecule has 0 saturated heterocycles. The second-order valence-electron chi connectivity index (χ2n) is 3.42. The summed E-state index contributed by atoms with van der Waals surface area (Å²) in [6, 6.07) is 5.46. The Hall–Kier alpha value is -1.97. The van der Waals surface area contributed by atoms with Crippen molar-refractivity contribution < 1.29 is 9.47 Å². The van der Waals surface area contributed by atoms with E-state index in [4.69, 9.17) is 14.7 Å². The van der Waals surface area contributed by atoms with Crippen molar-refractivity contribution >= 4 is 5.65 Å². The highest BCUT2D eigenvalue weighted by Crippen LogP contribution is 2.07. The van der Waals surface area contributed by atoms with Crippen LogP contribution in [0.15, 0.2) is 18.3 Å². The van der Waals surface area contributed by atoms with Gasteiger partial charge in [0.2, 0.25) is 0 Å². The lowest BCUT2D eigenvalue weighted by Gasteiger charge is -2.02. The maximum Gasteiger partial charge on any atom is 0.163 e. The highest BCUT2D eigenvalue weighted by atomic mass is 16.5. The molecule has 0 aliphatic heterocycles. The van der Waals surface area contributed by atoms with E-state index in [1.54, 1.807) is 29.8 Å². The van der Waals surface area contributed by atoms with E-state index in [0.717, 1.165) is 0 Å². The minimum atomic E-state index is 0.371. The molecule has 88 valence electrons. The van der Waals surface area contributed by atoms with E-state index in [-0.39, 0.29) is 0 Å². The summed E-state index contributed by atoms with van der Waals surface area (Å²) in [6.07, 6.45) is 1.77. The molecular weight excluding hydrogens is 220 g/mol. The van der Waals surface area contributed by atoms with Crippen molar-refractivity contribution in [1.29, 1.82) is 5.26 Å². The minimum absolute atomic E-state index is 0.371. The first-order chi connectivity index (χ1) is 8.35. The van der Waals surface area contributed by atoms with E-state index in [1.807, 2.05) is 0 Å². The van der Waals surface area contributed by atoms with Gasteiger partial charge in [-0.15, -0.1) is 10.2 Å². The summed E-state index contributed by atoms with van der Waals surface area (Å²) in [5, 5.41) is 16.7. The largest absolute Gasteiger partial charge is 0.382 e.